The van der Waals surface area contributed by atoms with E-state index in [0.29, 0.717) is 24.9 Å². The highest BCUT2D eigenvalue weighted by Gasteiger charge is 2.29. The maximum Gasteiger partial charge on any atom is 0.253 e. The number of carbonyl (C=O) groups is 1. The first-order valence-electron chi connectivity index (χ1n) is 6.17. The van der Waals surface area contributed by atoms with Crippen LogP contribution in [-0.4, -0.2) is 66.9 Å². The molecule has 0 saturated carbocycles. The van der Waals surface area contributed by atoms with E-state index in [9.17, 15) is 4.79 Å². The van der Waals surface area contributed by atoms with Crippen LogP contribution in [0.4, 0.5) is 5.82 Å². The summed E-state index contributed by atoms with van der Waals surface area (Å²) in [5.74, 6) is 0.786. The second-order valence-electron chi connectivity index (χ2n) is 4.57. The summed E-state index contributed by atoms with van der Waals surface area (Å²) in [7, 11) is 3.47. The molecule has 1 saturated heterocycles. The lowest BCUT2D eigenvalue weighted by Crippen LogP contribution is -2.50. The summed E-state index contributed by atoms with van der Waals surface area (Å²) in [6.45, 7) is 1.72. The summed E-state index contributed by atoms with van der Waals surface area (Å²) in [4.78, 5) is 24.3. The van der Waals surface area contributed by atoms with Crippen LogP contribution in [0, 0.1) is 0 Å². The summed E-state index contributed by atoms with van der Waals surface area (Å²) in [6, 6.07) is 0. The molecule has 1 aromatic heterocycles. The predicted molar refractivity (Wildman–Crippen MR) is 82.2 cm³/mol. The second-order valence-corrected chi connectivity index (χ2v) is 6.19. The average molecular weight is 361 g/mol. The van der Waals surface area contributed by atoms with Gasteiger partial charge in [0.15, 0.2) is 11.3 Å². The molecule has 2 rings (SSSR count). The Morgan fingerprint density at radius 3 is 3.00 bits per heavy atom. The van der Waals surface area contributed by atoms with E-state index >= 15 is 0 Å². The Balaban J connectivity index is 2.18. The Hall–Kier alpha value is -0.860. The molecule has 0 spiro atoms. The zero-order valence-corrected chi connectivity index (χ0v) is 14.1. The molecule has 110 valence electrons. The van der Waals surface area contributed by atoms with Crippen LogP contribution < -0.4 is 4.90 Å². The van der Waals surface area contributed by atoms with Gasteiger partial charge in [-0.25, -0.2) is 9.97 Å². The van der Waals surface area contributed by atoms with Gasteiger partial charge in [-0.05, 0) is 22.2 Å². The van der Waals surface area contributed by atoms with Crippen molar-refractivity contribution >= 4 is 39.4 Å². The van der Waals surface area contributed by atoms with Gasteiger partial charge in [-0.3, -0.25) is 4.79 Å². The molecule has 1 unspecified atom stereocenters. The first-order valence-corrected chi connectivity index (χ1v) is 8.19. The maximum atomic E-state index is 12.0. The Morgan fingerprint density at radius 1 is 1.60 bits per heavy atom. The van der Waals surface area contributed by atoms with Crippen LogP contribution in [0.25, 0.3) is 0 Å². The van der Waals surface area contributed by atoms with Crippen LogP contribution in [0.3, 0.4) is 0 Å². The normalized spacial score (nSPS) is 19.0. The van der Waals surface area contributed by atoms with Crippen molar-refractivity contribution in [2.24, 2.45) is 0 Å². The van der Waals surface area contributed by atoms with E-state index in [-0.39, 0.29) is 5.91 Å². The fraction of sp³-hybridized carbons (Fsp3) is 0.583. The minimum Gasteiger partial charge on any atom is -0.365 e. The summed E-state index contributed by atoms with van der Waals surface area (Å²) in [5, 5.41) is 0.713. The highest BCUT2D eigenvalue weighted by Crippen LogP contribution is 2.26. The van der Waals surface area contributed by atoms with Gasteiger partial charge in [0, 0.05) is 26.8 Å². The molecule has 0 bridgehead atoms. The van der Waals surface area contributed by atoms with Gasteiger partial charge < -0.3 is 14.5 Å². The molecule has 20 heavy (non-hydrogen) atoms. The topological polar surface area (TPSA) is 58.6 Å². The first kappa shape index (κ1) is 15.5. The number of ether oxygens (including phenoxy) is 1. The van der Waals surface area contributed by atoms with Crippen LogP contribution in [0.1, 0.15) is 0 Å². The fourth-order valence-electron chi connectivity index (χ4n) is 1.94. The molecule has 6 nitrogen and oxygen atoms in total. The lowest BCUT2D eigenvalue weighted by Gasteiger charge is -2.34. The smallest absolute Gasteiger partial charge is 0.253 e. The standard InChI is InChI=1S/C12H17BrN4O2S/c1-16(2)11(18)9-7-17(4-5-19-9)10-8(13)6-14-12(15-10)20-3/h6,9H,4-5,7H2,1-3H3. The van der Waals surface area contributed by atoms with E-state index < -0.39 is 6.10 Å². The molecule has 2 heterocycles. The highest BCUT2D eigenvalue weighted by molar-refractivity contribution is 9.10. The molecule has 1 aliphatic heterocycles. The average Bonchev–Trinajstić information content (AvgIpc) is 2.47. The molecular weight excluding hydrogens is 344 g/mol. The molecule has 1 atom stereocenters. The summed E-state index contributed by atoms with van der Waals surface area (Å²) < 4.78 is 6.38. The van der Waals surface area contributed by atoms with E-state index in [4.69, 9.17) is 4.74 Å². The van der Waals surface area contributed by atoms with E-state index in [1.165, 1.54) is 11.8 Å². The molecule has 0 N–H and O–H groups in total. The van der Waals surface area contributed by atoms with Crippen LogP contribution in [0.2, 0.25) is 0 Å². The van der Waals surface area contributed by atoms with Gasteiger partial charge in [0.25, 0.3) is 5.91 Å². The number of likely N-dealkylation sites (N-methyl/N-ethyl adjacent to an activating group) is 1. The number of hydrogen-bond donors (Lipinski definition) is 0. The van der Waals surface area contributed by atoms with E-state index in [0.717, 1.165) is 10.3 Å². The molecule has 8 heteroatoms. The van der Waals surface area contributed by atoms with Crippen molar-refractivity contribution in [1.82, 2.24) is 14.9 Å². The lowest BCUT2D eigenvalue weighted by molar-refractivity contribution is -0.141. The van der Waals surface area contributed by atoms with Crippen molar-refractivity contribution in [1.29, 1.82) is 0 Å². The Morgan fingerprint density at radius 2 is 2.35 bits per heavy atom. The Kier molecular flexibility index (Phi) is 5.22. The van der Waals surface area contributed by atoms with Crippen molar-refractivity contribution in [2.75, 3.05) is 44.9 Å². The molecule has 0 radical (unpaired) electrons. The van der Waals surface area contributed by atoms with Crippen LogP contribution in [-0.2, 0) is 9.53 Å². The summed E-state index contributed by atoms with van der Waals surface area (Å²) in [6.07, 6.45) is 3.23. The number of amides is 1. The minimum atomic E-state index is -0.446. The quantitative estimate of drug-likeness (QED) is 0.597. The third kappa shape index (κ3) is 3.42. The van der Waals surface area contributed by atoms with Gasteiger partial charge >= 0.3 is 0 Å². The number of rotatable bonds is 3. The molecule has 1 aromatic rings. The number of thioether (sulfide) groups is 1. The van der Waals surface area contributed by atoms with Gasteiger partial charge in [-0.15, -0.1) is 0 Å². The van der Waals surface area contributed by atoms with Gasteiger partial charge in [0.2, 0.25) is 0 Å². The number of anilines is 1. The SMILES string of the molecule is CSc1ncc(Br)c(N2CCOC(C(=O)N(C)C)C2)n1. The molecular formula is C12H17BrN4O2S. The molecule has 1 amide bonds. The maximum absolute atomic E-state index is 12.0. The zero-order valence-electron chi connectivity index (χ0n) is 11.7. The monoisotopic (exact) mass is 360 g/mol. The molecule has 1 fully saturated rings. The number of nitrogens with zero attached hydrogens (tertiary/aromatic N) is 4. The summed E-state index contributed by atoms with van der Waals surface area (Å²) in [5.41, 5.74) is 0. The van der Waals surface area contributed by atoms with Gasteiger partial charge in [-0.1, -0.05) is 11.8 Å². The van der Waals surface area contributed by atoms with Gasteiger partial charge in [-0.2, -0.15) is 0 Å². The van der Waals surface area contributed by atoms with Crippen LogP contribution >= 0.6 is 27.7 Å². The van der Waals surface area contributed by atoms with Crippen LogP contribution in [0.5, 0.6) is 0 Å². The molecule has 0 aliphatic carbocycles. The van der Waals surface area contributed by atoms with Crippen LogP contribution in [0.15, 0.2) is 15.8 Å². The third-order valence-corrected chi connectivity index (χ3v) is 4.09. The highest BCUT2D eigenvalue weighted by atomic mass is 79.9. The Bertz CT molecular complexity index is 500. The van der Waals surface area contributed by atoms with Crippen molar-refractivity contribution in [3.8, 4) is 0 Å². The number of halogens is 1. The number of carbonyl (C=O) groups excluding carboxylic acids is 1. The van der Waals surface area contributed by atoms with Crippen molar-refractivity contribution in [3.63, 3.8) is 0 Å². The van der Waals surface area contributed by atoms with Gasteiger partial charge in [0.1, 0.15) is 5.82 Å². The van der Waals surface area contributed by atoms with Crippen molar-refractivity contribution < 1.29 is 9.53 Å². The number of morpholine rings is 1. The van der Waals surface area contributed by atoms with E-state index in [2.05, 4.69) is 30.8 Å². The van der Waals surface area contributed by atoms with Crippen molar-refractivity contribution in [3.05, 3.63) is 10.7 Å². The second kappa shape index (κ2) is 6.73. The minimum absolute atomic E-state index is 0.0232. The van der Waals surface area contributed by atoms with Crippen molar-refractivity contribution in [2.45, 2.75) is 11.3 Å². The fourth-order valence-corrected chi connectivity index (χ4v) is 2.72. The van der Waals surface area contributed by atoms with E-state index in [1.807, 2.05) is 6.26 Å². The number of aromatic nitrogens is 2. The van der Waals surface area contributed by atoms with E-state index in [1.54, 1.807) is 25.2 Å². The zero-order chi connectivity index (χ0) is 14.7. The number of hydrogen-bond acceptors (Lipinski definition) is 6. The third-order valence-electron chi connectivity index (χ3n) is 2.97. The Labute approximate surface area is 131 Å². The van der Waals surface area contributed by atoms with Gasteiger partial charge in [0.05, 0.1) is 17.6 Å². The lowest BCUT2D eigenvalue weighted by atomic mass is 10.2. The molecule has 1 aliphatic rings. The molecule has 0 aromatic carbocycles. The first-order chi connectivity index (χ1) is 9.52. The summed E-state index contributed by atoms with van der Waals surface area (Å²) >= 11 is 4.96. The largest absolute Gasteiger partial charge is 0.365 e. The predicted octanol–water partition coefficient (Wildman–Crippen LogP) is 1.25.